The molecule has 0 aromatic carbocycles. The molecule has 0 amide bonds. The predicted octanol–water partition coefficient (Wildman–Crippen LogP) is 1.18. The molecule has 3 nitrogen and oxygen atoms in total. The van der Waals surface area contributed by atoms with E-state index in [9.17, 15) is 4.79 Å². The normalized spacial score (nSPS) is 11.4. The average molecular weight is 169 g/mol. The number of hydrogen-bond acceptors (Lipinski definition) is 2. The van der Waals surface area contributed by atoms with Crippen molar-refractivity contribution in [3.05, 3.63) is 24.3 Å². The number of hydrogen-bond donors (Lipinski definition) is 2. The molecule has 0 atom stereocenters. The standard InChI is InChI=1S/C9H15NO2/c1-2-3-4-7-10-8-5-6-9(11)12/h2-3,5-6,10H,4,7-8H2,1H3,(H,11,12)/b3-2+,6-5+. The first kappa shape index (κ1) is 10.9. The van der Waals surface area contributed by atoms with E-state index in [1.165, 1.54) is 0 Å². The molecular formula is C9H15NO2. The molecule has 0 aromatic rings. The van der Waals surface area contributed by atoms with Gasteiger partial charge in [-0.2, -0.15) is 0 Å². The number of rotatable bonds is 6. The first-order valence-electron chi connectivity index (χ1n) is 3.98. The summed E-state index contributed by atoms with van der Waals surface area (Å²) in [5, 5.41) is 11.3. The number of carboxylic acid groups (broad SMARTS) is 1. The van der Waals surface area contributed by atoms with Crippen LogP contribution in [0.4, 0.5) is 0 Å². The molecule has 0 saturated heterocycles. The number of carbonyl (C=O) groups is 1. The van der Waals surface area contributed by atoms with Crippen LogP contribution in [0, 0.1) is 0 Å². The highest BCUT2D eigenvalue weighted by Gasteiger charge is 1.84. The summed E-state index contributed by atoms with van der Waals surface area (Å²) in [6.07, 6.45) is 7.78. The van der Waals surface area contributed by atoms with Gasteiger partial charge in [0.05, 0.1) is 0 Å². The van der Waals surface area contributed by atoms with Crippen LogP contribution in [0.3, 0.4) is 0 Å². The van der Waals surface area contributed by atoms with Crippen LogP contribution >= 0.6 is 0 Å². The molecule has 0 aliphatic rings. The lowest BCUT2D eigenvalue weighted by molar-refractivity contribution is -0.131. The van der Waals surface area contributed by atoms with Crippen LogP contribution in [0.2, 0.25) is 0 Å². The van der Waals surface area contributed by atoms with Crippen molar-refractivity contribution in [3.8, 4) is 0 Å². The third-order valence-electron chi connectivity index (χ3n) is 1.25. The van der Waals surface area contributed by atoms with Crippen molar-refractivity contribution in [1.82, 2.24) is 5.32 Å². The molecule has 0 saturated carbocycles. The Hall–Kier alpha value is -1.09. The highest BCUT2D eigenvalue weighted by atomic mass is 16.4. The molecule has 12 heavy (non-hydrogen) atoms. The van der Waals surface area contributed by atoms with Crippen molar-refractivity contribution >= 4 is 5.97 Å². The van der Waals surface area contributed by atoms with Crippen molar-refractivity contribution in [1.29, 1.82) is 0 Å². The highest BCUT2D eigenvalue weighted by molar-refractivity contribution is 5.79. The zero-order valence-corrected chi connectivity index (χ0v) is 7.29. The van der Waals surface area contributed by atoms with Crippen molar-refractivity contribution in [3.63, 3.8) is 0 Å². The second kappa shape index (κ2) is 8.01. The second-order valence-corrected chi connectivity index (χ2v) is 2.30. The third kappa shape index (κ3) is 8.91. The van der Waals surface area contributed by atoms with Gasteiger partial charge in [-0.15, -0.1) is 0 Å². The van der Waals surface area contributed by atoms with Gasteiger partial charge in [0.25, 0.3) is 0 Å². The van der Waals surface area contributed by atoms with Crippen molar-refractivity contribution < 1.29 is 9.90 Å². The molecule has 0 heterocycles. The van der Waals surface area contributed by atoms with Crippen molar-refractivity contribution in [2.75, 3.05) is 13.1 Å². The molecule has 0 fully saturated rings. The number of allylic oxidation sites excluding steroid dienone is 1. The van der Waals surface area contributed by atoms with E-state index in [4.69, 9.17) is 5.11 Å². The molecule has 3 heteroatoms. The molecule has 0 rings (SSSR count). The van der Waals surface area contributed by atoms with Crippen LogP contribution < -0.4 is 5.32 Å². The van der Waals surface area contributed by atoms with Crippen molar-refractivity contribution in [2.24, 2.45) is 0 Å². The Kier molecular flexibility index (Phi) is 7.28. The van der Waals surface area contributed by atoms with Gasteiger partial charge in [-0.25, -0.2) is 4.79 Å². The van der Waals surface area contributed by atoms with Gasteiger partial charge in [-0.1, -0.05) is 18.2 Å². The maximum Gasteiger partial charge on any atom is 0.328 e. The molecular weight excluding hydrogens is 154 g/mol. The zero-order valence-electron chi connectivity index (χ0n) is 7.29. The smallest absolute Gasteiger partial charge is 0.328 e. The summed E-state index contributed by atoms with van der Waals surface area (Å²) < 4.78 is 0. The molecule has 0 aliphatic carbocycles. The Morgan fingerprint density at radius 3 is 2.83 bits per heavy atom. The summed E-state index contributed by atoms with van der Waals surface area (Å²) in [5.74, 6) is -0.898. The maximum atomic E-state index is 10.0. The summed E-state index contributed by atoms with van der Waals surface area (Å²) in [4.78, 5) is 10.0. The molecule has 0 radical (unpaired) electrons. The van der Waals surface area contributed by atoms with E-state index in [1.54, 1.807) is 6.08 Å². The van der Waals surface area contributed by atoms with Gasteiger partial charge >= 0.3 is 5.97 Å². The Balaban J connectivity index is 3.16. The molecule has 0 aliphatic heterocycles. The summed E-state index contributed by atoms with van der Waals surface area (Å²) in [6, 6.07) is 0. The molecule has 0 unspecified atom stereocenters. The fourth-order valence-corrected chi connectivity index (χ4v) is 0.697. The fraction of sp³-hybridized carbons (Fsp3) is 0.444. The van der Waals surface area contributed by atoms with Crippen LogP contribution in [0.25, 0.3) is 0 Å². The number of nitrogens with one attached hydrogen (secondary N) is 1. The Bertz CT molecular complexity index is 173. The van der Waals surface area contributed by atoms with E-state index in [-0.39, 0.29) is 0 Å². The van der Waals surface area contributed by atoms with E-state index in [1.807, 2.05) is 13.0 Å². The van der Waals surface area contributed by atoms with E-state index in [0.29, 0.717) is 6.54 Å². The predicted molar refractivity (Wildman–Crippen MR) is 49.1 cm³/mol. The van der Waals surface area contributed by atoms with E-state index >= 15 is 0 Å². The minimum atomic E-state index is -0.898. The van der Waals surface area contributed by atoms with E-state index in [0.717, 1.165) is 19.0 Å². The lowest BCUT2D eigenvalue weighted by Crippen LogP contribution is -2.14. The Labute approximate surface area is 72.8 Å². The first-order valence-corrected chi connectivity index (χ1v) is 3.98. The van der Waals surface area contributed by atoms with E-state index < -0.39 is 5.97 Å². The van der Waals surface area contributed by atoms with Gasteiger partial charge in [-0.05, 0) is 19.9 Å². The van der Waals surface area contributed by atoms with Crippen LogP contribution in [0.1, 0.15) is 13.3 Å². The van der Waals surface area contributed by atoms with Crippen LogP contribution in [0.5, 0.6) is 0 Å². The monoisotopic (exact) mass is 169 g/mol. The topological polar surface area (TPSA) is 49.3 Å². The summed E-state index contributed by atoms with van der Waals surface area (Å²) in [7, 11) is 0. The minimum absolute atomic E-state index is 0.615. The fourth-order valence-electron chi connectivity index (χ4n) is 0.697. The Morgan fingerprint density at radius 1 is 1.50 bits per heavy atom. The molecule has 0 aromatic heterocycles. The SMILES string of the molecule is C/C=C/CCNC/C=C/C(=O)O. The van der Waals surface area contributed by atoms with Crippen LogP contribution in [0.15, 0.2) is 24.3 Å². The first-order chi connectivity index (χ1) is 5.77. The maximum absolute atomic E-state index is 10.0. The van der Waals surface area contributed by atoms with Gasteiger partial charge < -0.3 is 10.4 Å². The minimum Gasteiger partial charge on any atom is -0.478 e. The lowest BCUT2D eigenvalue weighted by Gasteiger charge is -1.95. The molecule has 0 spiro atoms. The number of carboxylic acids is 1. The second-order valence-electron chi connectivity index (χ2n) is 2.30. The highest BCUT2D eigenvalue weighted by Crippen LogP contribution is 1.79. The van der Waals surface area contributed by atoms with Gasteiger partial charge in [-0.3, -0.25) is 0 Å². The van der Waals surface area contributed by atoms with E-state index in [2.05, 4.69) is 11.4 Å². The largest absolute Gasteiger partial charge is 0.478 e. The summed E-state index contributed by atoms with van der Waals surface area (Å²) >= 11 is 0. The molecule has 68 valence electrons. The Morgan fingerprint density at radius 2 is 2.25 bits per heavy atom. The third-order valence-corrected chi connectivity index (χ3v) is 1.25. The average Bonchev–Trinajstić information content (AvgIpc) is 2.02. The quantitative estimate of drug-likeness (QED) is 0.356. The lowest BCUT2D eigenvalue weighted by atomic mass is 10.4. The van der Waals surface area contributed by atoms with Crippen molar-refractivity contribution in [2.45, 2.75) is 13.3 Å². The zero-order chi connectivity index (χ0) is 9.23. The van der Waals surface area contributed by atoms with Gasteiger partial charge in [0.15, 0.2) is 0 Å². The van der Waals surface area contributed by atoms with Gasteiger partial charge in [0, 0.05) is 12.6 Å². The summed E-state index contributed by atoms with van der Waals surface area (Å²) in [6.45, 7) is 3.47. The molecule has 0 bridgehead atoms. The summed E-state index contributed by atoms with van der Waals surface area (Å²) in [5.41, 5.74) is 0. The molecule has 2 N–H and O–H groups in total. The van der Waals surface area contributed by atoms with Crippen LogP contribution in [-0.4, -0.2) is 24.2 Å². The van der Waals surface area contributed by atoms with Gasteiger partial charge in [0.2, 0.25) is 0 Å². The number of aliphatic carboxylic acids is 1. The van der Waals surface area contributed by atoms with Crippen LogP contribution in [-0.2, 0) is 4.79 Å². The van der Waals surface area contributed by atoms with Gasteiger partial charge in [0.1, 0.15) is 0 Å².